The second kappa shape index (κ2) is 5.74. The minimum Gasteiger partial charge on any atom is -0.494 e. The van der Waals surface area contributed by atoms with Crippen LogP contribution in [0.25, 0.3) is 10.9 Å². The molecule has 5 nitrogen and oxygen atoms in total. The molecule has 21 heavy (non-hydrogen) atoms. The van der Waals surface area contributed by atoms with Gasteiger partial charge in [-0.05, 0) is 24.3 Å². The standard InChI is InChI=1S/C13H14F3N3O2/c1-19(7-17)21-9-4-5-10(20-2)12-8(9)3-6-11(18-12)13(14,15)16/h3-6H,7,17H2,1-2H3. The van der Waals surface area contributed by atoms with E-state index in [1.807, 2.05) is 0 Å². The molecule has 0 aliphatic heterocycles. The lowest BCUT2D eigenvalue weighted by molar-refractivity contribution is -0.140. The van der Waals surface area contributed by atoms with E-state index < -0.39 is 11.9 Å². The van der Waals surface area contributed by atoms with Gasteiger partial charge in [-0.15, -0.1) is 5.06 Å². The van der Waals surface area contributed by atoms with E-state index in [9.17, 15) is 13.2 Å². The number of fused-ring (bicyclic) bond motifs is 1. The van der Waals surface area contributed by atoms with Crippen molar-refractivity contribution in [2.75, 3.05) is 20.8 Å². The van der Waals surface area contributed by atoms with Crippen LogP contribution in [0, 0.1) is 0 Å². The number of halogens is 3. The maximum absolute atomic E-state index is 12.8. The lowest BCUT2D eigenvalue weighted by Gasteiger charge is -2.17. The fourth-order valence-corrected chi connectivity index (χ4v) is 1.77. The summed E-state index contributed by atoms with van der Waals surface area (Å²) >= 11 is 0. The fourth-order valence-electron chi connectivity index (χ4n) is 1.77. The second-order valence-electron chi connectivity index (χ2n) is 4.26. The van der Waals surface area contributed by atoms with Gasteiger partial charge in [-0.25, -0.2) is 4.98 Å². The first-order valence-corrected chi connectivity index (χ1v) is 6.01. The number of alkyl halides is 3. The van der Waals surface area contributed by atoms with Gasteiger partial charge in [0.15, 0.2) is 5.75 Å². The fraction of sp³-hybridized carbons (Fsp3) is 0.308. The molecule has 8 heteroatoms. The van der Waals surface area contributed by atoms with Crippen LogP contribution in [-0.2, 0) is 6.18 Å². The predicted octanol–water partition coefficient (Wildman–Crippen LogP) is 2.40. The van der Waals surface area contributed by atoms with E-state index in [1.165, 1.54) is 24.3 Å². The molecule has 0 fully saturated rings. The Labute approximate surface area is 119 Å². The van der Waals surface area contributed by atoms with Gasteiger partial charge in [0.1, 0.15) is 17.0 Å². The first kappa shape index (κ1) is 15.3. The van der Waals surface area contributed by atoms with Gasteiger partial charge in [-0.3, -0.25) is 0 Å². The van der Waals surface area contributed by atoms with Crippen LogP contribution in [0.5, 0.6) is 11.5 Å². The number of pyridine rings is 1. The Balaban J connectivity index is 2.60. The maximum atomic E-state index is 12.8. The van der Waals surface area contributed by atoms with Crippen molar-refractivity contribution in [3.05, 3.63) is 30.0 Å². The van der Waals surface area contributed by atoms with Crippen LogP contribution in [0.3, 0.4) is 0 Å². The quantitative estimate of drug-likeness (QED) is 0.694. The van der Waals surface area contributed by atoms with Crippen LogP contribution in [0.15, 0.2) is 24.3 Å². The van der Waals surface area contributed by atoms with E-state index in [4.69, 9.17) is 15.3 Å². The summed E-state index contributed by atoms with van der Waals surface area (Å²) in [5.74, 6) is 0.582. The molecule has 2 aromatic rings. The average molecular weight is 301 g/mol. The van der Waals surface area contributed by atoms with Crippen molar-refractivity contribution in [2.45, 2.75) is 6.18 Å². The molecule has 0 spiro atoms. The number of hydrogen-bond donors (Lipinski definition) is 1. The molecule has 0 aliphatic rings. The lowest BCUT2D eigenvalue weighted by atomic mass is 10.1. The number of benzene rings is 1. The Morgan fingerprint density at radius 1 is 1.19 bits per heavy atom. The lowest BCUT2D eigenvalue weighted by Crippen LogP contribution is -2.29. The van der Waals surface area contributed by atoms with Gasteiger partial charge < -0.3 is 15.3 Å². The third-order valence-corrected chi connectivity index (χ3v) is 2.80. The number of ether oxygens (including phenoxy) is 1. The zero-order valence-electron chi connectivity index (χ0n) is 11.4. The predicted molar refractivity (Wildman–Crippen MR) is 70.7 cm³/mol. The minimum absolute atomic E-state index is 0.0789. The number of aromatic nitrogens is 1. The molecule has 0 amide bonds. The maximum Gasteiger partial charge on any atom is 0.433 e. The molecule has 0 aliphatic carbocycles. The minimum atomic E-state index is -4.52. The summed E-state index contributed by atoms with van der Waals surface area (Å²) < 4.78 is 43.3. The van der Waals surface area contributed by atoms with Gasteiger partial charge in [0.05, 0.1) is 13.8 Å². The highest BCUT2D eigenvalue weighted by Crippen LogP contribution is 2.35. The van der Waals surface area contributed by atoms with E-state index >= 15 is 0 Å². The normalized spacial score (nSPS) is 12.0. The first-order chi connectivity index (χ1) is 9.86. The molecule has 114 valence electrons. The van der Waals surface area contributed by atoms with Gasteiger partial charge in [0.2, 0.25) is 0 Å². The summed E-state index contributed by atoms with van der Waals surface area (Å²) in [6, 6.07) is 5.28. The molecule has 0 saturated carbocycles. The number of nitrogens with two attached hydrogens (primary N) is 1. The van der Waals surface area contributed by atoms with Gasteiger partial charge >= 0.3 is 6.18 Å². The van der Waals surface area contributed by atoms with Crippen molar-refractivity contribution < 1.29 is 22.7 Å². The molecule has 0 atom stereocenters. The van der Waals surface area contributed by atoms with Crippen molar-refractivity contribution in [1.82, 2.24) is 10.0 Å². The molecular formula is C13H14F3N3O2. The number of rotatable bonds is 4. The zero-order chi connectivity index (χ0) is 15.6. The van der Waals surface area contributed by atoms with Gasteiger partial charge in [0.25, 0.3) is 0 Å². The molecule has 2 rings (SSSR count). The smallest absolute Gasteiger partial charge is 0.433 e. The third kappa shape index (κ3) is 3.17. The average Bonchev–Trinajstić information content (AvgIpc) is 2.45. The highest BCUT2D eigenvalue weighted by molar-refractivity contribution is 5.90. The van der Waals surface area contributed by atoms with Crippen LogP contribution in [0.4, 0.5) is 13.2 Å². The Morgan fingerprint density at radius 3 is 2.43 bits per heavy atom. The number of hydroxylamine groups is 2. The van der Waals surface area contributed by atoms with Crippen LogP contribution < -0.4 is 15.3 Å². The highest BCUT2D eigenvalue weighted by Gasteiger charge is 2.33. The SMILES string of the molecule is COc1ccc(ON(C)CN)c2ccc(C(F)(F)F)nc12. The van der Waals surface area contributed by atoms with Crippen LogP contribution in [0.1, 0.15) is 5.69 Å². The van der Waals surface area contributed by atoms with Crippen LogP contribution >= 0.6 is 0 Å². The summed E-state index contributed by atoms with van der Waals surface area (Å²) in [7, 11) is 2.97. The van der Waals surface area contributed by atoms with Crippen LogP contribution in [-0.4, -0.2) is 30.9 Å². The number of nitrogens with zero attached hydrogens (tertiary/aromatic N) is 2. The molecule has 0 saturated heterocycles. The molecule has 1 aromatic carbocycles. The van der Waals surface area contributed by atoms with Gasteiger partial charge in [0, 0.05) is 12.4 Å². The monoisotopic (exact) mass is 301 g/mol. The zero-order valence-corrected chi connectivity index (χ0v) is 11.4. The van der Waals surface area contributed by atoms with E-state index in [0.29, 0.717) is 11.1 Å². The molecule has 0 radical (unpaired) electrons. The molecular weight excluding hydrogens is 287 g/mol. The van der Waals surface area contributed by atoms with Crippen molar-refractivity contribution in [2.24, 2.45) is 5.73 Å². The van der Waals surface area contributed by atoms with Crippen molar-refractivity contribution >= 4 is 10.9 Å². The summed E-state index contributed by atoms with van der Waals surface area (Å²) in [6.45, 7) is 0.127. The first-order valence-electron chi connectivity index (χ1n) is 6.01. The Bertz CT molecular complexity index is 646. The molecule has 1 heterocycles. The van der Waals surface area contributed by atoms with E-state index in [2.05, 4.69) is 4.98 Å². The largest absolute Gasteiger partial charge is 0.494 e. The Hall–Kier alpha value is -2.06. The van der Waals surface area contributed by atoms with Gasteiger partial charge in [-0.1, -0.05) is 0 Å². The van der Waals surface area contributed by atoms with Crippen LogP contribution in [0.2, 0.25) is 0 Å². The summed E-state index contributed by atoms with van der Waals surface area (Å²) in [6.07, 6.45) is -4.52. The molecule has 0 bridgehead atoms. The Kier molecular flexibility index (Phi) is 4.19. The molecule has 2 N–H and O–H groups in total. The second-order valence-corrected chi connectivity index (χ2v) is 4.26. The molecule has 0 unspecified atom stereocenters. The summed E-state index contributed by atoms with van der Waals surface area (Å²) in [4.78, 5) is 9.06. The van der Waals surface area contributed by atoms with Crippen molar-refractivity contribution in [3.8, 4) is 11.5 Å². The van der Waals surface area contributed by atoms with E-state index in [0.717, 1.165) is 6.07 Å². The number of methoxy groups -OCH3 is 1. The van der Waals surface area contributed by atoms with Gasteiger partial charge in [-0.2, -0.15) is 13.2 Å². The summed E-state index contributed by atoms with van der Waals surface area (Å²) in [5, 5.41) is 1.75. The third-order valence-electron chi connectivity index (χ3n) is 2.80. The topological polar surface area (TPSA) is 60.6 Å². The van der Waals surface area contributed by atoms with E-state index in [-0.39, 0.29) is 17.9 Å². The molecule has 1 aromatic heterocycles. The Morgan fingerprint density at radius 2 is 1.86 bits per heavy atom. The van der Waals surface area contributed by atoms with E-state index in [1.54, 1.807) is 13.1 Å². The van der Waals surface area contributed by atoms with Crippen molar-refractivity contribution in [1.29, 1.82) is 0 Å². The number of hydrogen-bond acceptors (Lipinski definition) is 5. The highest BCUT2D eigenvalue weighted by atomic mass is 19.4. The summed E-state index contributed by atoms with van der Waals surface area (Å²) in [5.41, 5.74) is 4.50. The van der Waals surface area contributed by atoms with Crippen molar-refractivity contribution in [3.63, 3.8) is 0 Å².